The van der Waals surface area contributed by atoms with Crippen LogP contribution in [0.5, 0.6) is 0 Å². The van der Waals surface area contributed by atoms with Crippen LogP contribution in [0.2, 0.25) is 0 Å². The van der Waals surface area contributed by atoms with Crippen molar-refractivity contribution >= 4 is 38.9 Å². The Bertz CT molecular complexity index is 1190. The SMILES string of the molecule is O=C1CN(C(=O)c2cccc(NS(=O)(=O)c3ccccc3)c2)c2ccccc2N1. The van der Waals surface area contributed by atoms with Crippen LogP contribution in [0.15, 0.2) is 83.8 Å². The van der Waals surface area contributed by atoms with E-state index in [2.05, 4.69) is 10.0 Å². The van der Waals surface area contributed by atoms with Gasteiger partial charge in [-0.1, -0.05) is 36.4 Å². The minimum absolute atomic E-state index is 0.115. The molecule has 0 atom stereocenters. The molecular formula is C21H17N3O4S. The van der Waals surface area contributed by atoms with Crippen molar-refractivity contribution in [3.05, 3.63) is 84.4 Å². The number of nitrogens with zero attached hydrogens (tertiary/aromatic N) is 1. The molecule has 2 N–H and O–H groups in total. The van der Waals surface area contributed by atoms with Crippen molar-refractivity contribution < 1.29 is 18.0 Å². The lowest BCUT2D eigenvalue weighted by molar-refractivity contribution is -0.115. The first-order valence-corrected chi connectivity index (χ1v) is 10.3. The molecule has 29 heavy (non-hydrogen) atoms. The third-order valence-corrected chi connectivity index (χ3v) is 5.83. The molecule has 1 aliphatic rings. The molecule has 146 valence electrons. The monoisotopic (exact) mass is 407 g/mol. The van der Waals surface area contributed by atoms with Crippen LogP contribution in [0.4, 0.5) is 17.1 Å². The second-order valence-corrected chi connectivity index (χ2v) is 8.14. The summed E-state index contributed by atoms with van der Waals surface area (Å²) in [5.74, 6) is -0.689. The fourth-order valence-corrected chi connectivity index (χ4v) is 4.17. The van der Waals surface area contributed by atoms with Crippen molar-refractivity contribution in [1.29, 1.82) is 0 Å². The van der Waals surface area contributed by atoms with Gasteiger partial charge in [-0.2, -0.15) is 0 Å². The highest BCUT2D eigenvalue weighted by atomic mass is 32.2. The van der Waals surface area contributed by atoms with E-state index in [4.69, 9.17) is 0 Å². The molecule has 0 fully saturated rings. The van der Waals surface area contributed by atoms with Crippen LogP contribution in [-0.4, -0.2) is 26.8 Å². The first-order chi connectivity index (χ1) is 13.9. The number of rotatable bonds is 4. The number of amides is 2. The Labute approximate surface area is 168 Å². The third-order valence-electron chi connectivity index (χ3n) is 4.43. The average Bonchev–Trinajstić information content (AvgIpc) is 2.73. The van der Waals surface area contributed by atoms with Crippen molar-refractivity contribution in [2.24, 2.45) is 0 Å². The molecule has 3 aromatic carbocycles. The zero-order valence-electron chi connectivity index (χ0n) is 15.2. The first-order valence-electron chi connectivity index (χ1n) is 8.83. The molecule has 0 saturated heterocycles. The average molecular weight is 407 g/mol. The predicted molar refractivity (Wildman–Crippen MR) is 110 cm³/mol. The Kier molecular flexibility index (Phi) is 4.77. The number of para-hydroxylation sites is 2. The van der Waals surface area contributed by atoms with E-state index in [0.717, 1.165) is 0 Å². The number of fused-ring (bicyclic) bond motifs is 1. The molecule has 0 aromatic heterocycles. The van der Waals surface area contributed by atoms with Crippen molar-refractivity contribution in [3.63, 3.8) is 0 Å². The van der Waals surface area contributed by atoms with Crippen molar-refractivity contribution in [2.75, 3.05) is 21.5 Å². The summed E-state index contributed by atoms with van der Waals surface area (Å²) >= 11 is 0. The molecule has 8 heteroatoms. The molecule has 0 spiro atoms. The van der Waals surface area contributed by atoms with Crippen LogP contribution in [0.1, 0.15) is 10.4 Å². The molecule has 0 saturated carbocycles. The number of hydrogen-bond donors (Lipinski definition) is 2. The fraction of sp³-hybridized carbons (Fsp3) is 0.0476. The van der Waals surface area contributed by atoms with Gasteiger partial charge >= 0.3 is 0 Å². The number of sulfonamides is 1. The molecule has 7 nitrogen and oxygen atoms in total. The number of anilines is 3. The molecule has 1 heterocycles. The molecule has 3 aromatic rings. The normalized spacial score (nSPS) is 13.4. The van der Waals surface area contributed by atoms with Gasteiger partial charge in [0, 0.05) is 11.3 Å². The number of carbonyl (C=O) groups is 2. The lowest BCUT2D eigenvalue weighted by atomic mass is 10.1. The first kappa shape index (κ1) is 18.7. The zero-order valence-corrected chi connectivity index (χ0v) is 16.0. The molecule has 0 radical (unpaired) electrons. The quantitative estimate of drug-likeness (QED) is 0.695. The highest BCUT2D eigenvalue weighted by molar-refractivity contribution is 7.92. The molecular weight excluding hydrogens is 390 g/mol. The van der Waals surface area contributed by atoms with Gasteiger partial charge in [-0.3, -0.25) is 19.2 Å². The molecule has 0 aliphatic carbocycles. The van der Waals surface area contributed by atoms with Crippen LogP contribution in [0.25, 0.3) is 0 Å². The third kappa shape index (κ3) is 3.83. The maximum atomic E-state index is 13.1. The Hall–Kier alpha value is -3.65. The van der Waals surface area contributed by atoms with Gasteiger partial charge < -0.3 is 5.32 Å². The lowest BCUT2D eigenvalue weighted by Crippen LogP contribution is -2.42. The molecule has 0 bridgehead atoms. The molecule has 1 aliphatic heterocycles. The van der Waals surface area contributed by atoms with E-state index in [1.54, 1.807) is 60.7 Å². The Morgan fingerprint density at radius 2 is 1.66 bits per heavy atom. The summed E-state index contributed by atoms with van der Waals surface area (Å²) in [6.07, 6.45) is 0. The van der Waals surface area contributed by atoms with Gasteiger partial charge in [0.15, 0.2) is 0 Å². The smallest absolute Gasteiger partial charge is 0.261 e. The lowest BCUT2D eigenvalue weighted by Gasteiger charge is -2.29. The van der Waals surface area contributed by atoms with Crippen LogP contribution in [0.3, 0.4) is 0 Å². The summed E-state index contributed by atoms with van der Waals surface area (Å²) in [6, 6.07) is 21.2. The van der Waals surface area contributed by atoms with Crippen molar-refractivity contribution in [1.82, 2.24) is 0 Å². The Morgan fingerprint density at radius 1 is 0.931 bits per heavy atom. The van der Waals surface area contributed by atoms with E-state index in [-0.39, 0.29) is 28.6 Å². The molecule has 0 unspecified atom stereocenters. The summed E-state index contributed by atoms with van der Waals surface area (Å²) in [7, 11) is -3.78. The summed E-state index contributed by atoms with van der Waals surface area (Å²) in [4.78, 5) is 26.5. The van der Waals surface area contributed by atoms with Gasteiger partial charge in [-0.15, -0.1) is 0 Å². The van der Waals surface area contributed by atoms with Gasteiger partial charge in [-0.25, -0.2) is 8.42 Å². The van der Waals surface area contributed by atoms with Crippen molar-refractivity contribution in [3.8, 4) is 0 Å². The second-order valence-electron chi connectivity index (χ2n) is 6.46. The Balaban J connectivity index is 1.63. The topological polar surface area (TPSA) is 95.6 Å². The van der Waals surface area contributed by atoms with Gasteiger partial charge in [0.2, 0.25) is 5.91 Å². The summed E-state index contributed by atoms with van der Waals surface area (Å²) in [6.45, 7) is -0.115. The van der Waals surface area contributed by atoms with E-state index < -0.39 is 15.9 Å². The molecule has 2 amide bonds. The summed E-state index contributed by atoms with van der Waals surface area (Å²) in [5, 5.41) is 2.73. The summed E-state index contributed by atoms with van der Waals surface area (Å²) < 4.78 is 27.5. The second kappa shape index (κ2) is 7.40. The number of nitrogens with one attached hydrogen (secondary N) is 2. The standard InChI is InChI=1S/C21H17N3O4S/c25-20-14-24(19-12-5-4-11-18(19)22-20)21(26)15-7-6-8-16(13-15)23-29(27,28)17-9-2-1-3-10-17/h1-13,23H,14H2,(H,22,25). The van der Waals surface area contributed by atoms with Crippen LogP contribution < -0.4 is 14.9 Å². The van der Waals surface area contributed by atoms with Crippen molar-refractivity contribution in [2.45, 2.75) is 4.90 Å². The van der Waals surface area contributed by atoms with Crippen LogP contribution in [0, 0.1) is 0 Å². The zero-order chi connectivity index (χ0) is 20.4. The van der Waals surface area contributed by atoms with E-state index in [1.807, 2.05) is 0 Å². The van der Waals surface area contributed by atoms with Gasteiger partial charge in [-0.05, 0) is 42.5 Å². The van der Waals surface area contributed by atoms with E-state index in [9.17, 15) is 18.0 Å². The largest absolute Gasteiger partial charge is 0.323 e. The van der Waals surface area contributed by atoms with E-state index in [0.29, 0.717) is 11.4 Å². The maximum Gasteiger partial charge on any atom is 0.261 e. The highest BCUT2D eigenvalue weighted by Gasteiger charge is 2.27. The number of benzene rings is 3. The minimum Gasteiger partial charge on any atom is -0.323 e. The molecule has 4 rings (SSSR count). The van der Waals surface area contributed by atoms with Crippen LogP contribution >= 0.6 is 0 Å². The van der Waals surface area contributed by atoms with Crippen LogP contribution in [-0.2, 0) is 14.8 Å². The summed E-state index contributed by atoms with van der Waals surface area (Å²) in [5.41, 5.74) is 1.67. The predicted octanol–water partition coefficient (Wildman–Crippen LogP) is 3.09. The van der Waals surface area contributed by atoms with E-state index >= 15 is 0 Å². The number of carbonyl (C=O) groups excluding carboxylic acids is 2. The maximum absolute atomic E-state index is 13.1. The Morgan fingerprint density at radius 3 is 2.45 bits per heavy atom. The number of hydrogen-bond acceptors (Lipinski definition) is 4. The fourth-order valence-electron chi connectivity index (χ4n) is 3.10. The van der Waals surface area contributed by atoms with Gasteiger partial charge in [0.1, 0.15) is 6.54 Å². The van der Waals surface area contributed by atoms with Gasteiger partial charge in [0.25, 0.3) is 15.9 Å². The van der Waals surface area contributed by atoms with E-state index in [1.165, 1.54) is 23.1 Å². The van der Waals surface area contributed by atoms with Gasteiger partial charge in [0.05, 0.1) is 16.3 Å². The minimum atomic E-state index is -3.78. The highest BCUT2D eigenvalue weighted by Crippen LogP contribution is 2.30.